The number of benzene rings is 2. The van der Waals surface area contributed by atoms with Gasteiger partial charge in [-0.3, -0.25) is 0 Å². The molecule has 0 fully saturated rings. The first kappa shape index (κ1) is 17.6. The predicted octanol–water partition coefficient (Wildman–Crippen LogP) is 2.22. The third-order valence-electron chi connectivity index (χ3n) is 3.61. The molecule has 3 aromatic rings. The molecule has 0 saturated carbocycles. The van der Waals surface area contributed by atoms with Gasteiger partial charge in [0, 0.05) is 11.4 Å². The van der Waals surface area contributed by atoms with Gasteiger partial charge in [-0.2, -0.15) is 0 Å². The molecule has 130 valence electrons. The lowest BCUT2D eigenvalue weighted by atomic mass is 10.1. The Morgan fingerprint density at radius 1 is 1.04 bits per heavy atom. The van der Waals surface area contributed by atoms with E-state index in [0.29, 0.717) is 17.0 Å². The summed E-state index contributed by atoms with van der Waals surface area (Å²) >= 11 is 5.89. The summed E-state index contributed by atoms with van der Waals surface area (Å²) in [5, 5.41) is 7.62. The molecule has 0 spiro atoms. The van der Waals surface area contributed by atoms with Gasteiger partial charge >= 0.3 is 5.22 Å². The smallest absolute Gasteiger partial charge is 0.336 e. The zero-order valence-corrected chi connectivity index (χ0v) is 14.9. The van der Waals surface area contributed by atoms with Gasteiger partial charge in [0.1, 0.15) is 0 Å². The number of halogens is 1. The van der Waals surface area contributed by atoms with Gasteiger partial charge in [0.2, 0.25) is 9.84 Å². The van der Waals surface area contributed by atoms with Crippen LogP contribution in [0.2, 0.25) is 5.02 Å². The summed E-state index contributed by atoms with van der Waals surface area (Å²) in [5.74, 6) is -0.0519. The molecule has 1 atom stereocenters. The monoisotopic (exact) mass is 378 g/mol. The van der Waals surface area contributed by atoms with Gasteiger partial charge in [0.15, 0.2) is 6.04 Å². The van der Waals surface area contributed by atoms with Crippen molar-refractivity contribution in [3.05, 3.63) is 76.6 Å². The molecule has 0 aliphatic heterocycles. The van der Waals surface area contributed by atoms with E-state index < -0.39 is 15.1 Å². The maximum absolute atomic E-state index is 12.4. The van der Waals surface area contributed by atoms with Crippen LogP contribution >= 0.6 is 11.6 Å². The maximum Gasteiger partial charge on any atom is 0.336 e. The van der Waals surface area contributed by atoms with Crippen LogP contribution in [0.1, 0.15) is 23.1 Å². The molecule has 0 unspecified atom stereocenters. The van der Waals surface area contributed by atoms with Crippen LogP contribution in [0.4, 0.5) is 0 Å². The van der Waals surface area contributed by atoms with Gasteiger partial charge < -0.3 is 10.2 Å². The van der Waals surface area contributed by atoms with Crippen LogP contribution in [0, 0.1) is 0 Å². The fraction of sp³-hybridized carbons (Fsp3) is 0.176. The van der Waals surface area contributed by atoms with Gasteiger partial charge in [0.05, 0.1) is 5.75 Å². The van der Waals surface area contributed by atoms with Crippen LogP contribution in [0.25, 0.3) is 0 Å². The summed E-state index contributed by atoms with van der Waals surface area (Å²) in [7, 11) is -3.74. The highest BCUT2D eigenvalue weighted by Crippen LogP contribution is 2.20. The van der Waals surface area contributed by atoms with Crippen molar-refractivity contribution in [1.29, 1.82) is 0 Å². The van der Waals surface area contributed by atoms with E-state index in [4.69, 9.17) is 16.0 Å². The maximum atomic E-state index is 12.4. The van der Waals surface area contributed by atoms with E-state index >= 15 is 0 Å². The average molecular weight is 379 g/mol. The molecule has 2 aromatic carbocycles. The second-order valence-electron chi connectivity index (χ2n) is 5.68. The van der Waals surface area contributed by atoms with Gasteiger partial charge in [-0.05, 0) is 23.3 Å². The first-order valence-electron chi connectivity index (χ1n) is 7.61. The predicted molar refractivity (Wildman–Crippen MR) is 92.4 cm³/mol. The van der Waals surface area contributed by atoms with Crippen molar-refractivity contribution in [2.45, 2.75) is 23.4 Å². The number of hydrogen-bond acceptors (Lipinski definition) is 5. The van der Waals surface area contributed by atoms with E-state index in [-0.39, 0.29) is 17.7 Å². The van der Waals surface area contributed by atoms with Crippen molar-refractivity contribution >= 4 is 21.4 Å². The molecule has 6 nitrogen and oxygen atoms in total. The summed E-state index contributed by atoms with van der Waals surface area (Å²) < 4.78 is 30.3. The lowest BCUT2D eigenvalue weighted by molar-refractivity contribution is -0.431. The SMILES string of the molecule is [NH3+][C@@H](Cc1ccccc1)c1nnc(S(=O)(=O)Cc2cccc(Cl)c2)o1. The number of sulfone groups is 1. The molecule has 1 heterocycles. The first-order valence-corrected chi connectivity index (χ1v) is 9.65. The molecule has 0 amide bonds. The highest BCUT2D eigenvalue weighted by Gasteiger charge is 2.26. The van der Waals surface area contributed by atoms with E-state index in [9.17, 15) is 8.42 Å². The molecule has 0 aliphatic carbocycles. The number of quaternary nitrogens is 1. The molecule has 8 heteroatoms. The summed E-state index contributed by atoms with van der Waals surface area (Å²) in [6.07, 6.45) is 0.580. The van der Waals surface area contributed by atoms with Crippen LogP contribution in [-0.4, -0.2) is 18.6 Å². The molecule has 25 heavy (non-hydrogen) atoms. The Balaban J connectivity index is 1.75. The Morgan fingerprint density at radius 2 is 1.76 bits per heavy atom. The molecule has 1 aromatic heterocycles. The summed E-state index contributed by atoms with van der Waals surface area (Å²) in [6.45, 7) is 0. The van der Waals surface area contributed by atoms with Crippen LogP contribution in [0.15, 0.2) is 64.2 Å². The van der Waals surface area contributed by atoms with Crippen LogP contribution < -0.4 is 5.73 Å². The molecule has 0 saturated heterocycles. The fourth-order valence-corrected chi connectivity index (χ4v) is 3.74. The van der Waals surface area contributed by atoms with E-state index in [1.165, 1.54) is 0 Å². The number of hydrogen-bond donors (Lipinski definition) is 1. The quantitative estimate of drug-likeness (QED) is 0.708. The van der Waals surface area contributed by atoms with Crippen molar-refractivity contribution in [1.82, 2.24) is 10.2 Å². The molecule has 0 radical (unpaired) electrons. The Morgan fingerprint density at radius 3 is 2.48 bits per heavy atom. The van der Waals surface area contributed by atoms with E-state index in [1.807, 2.05) is 30.3 Å². The molecular formula is C17H17ClN3O3S+. The minimum absolute atomic E-state index is 0.202. The summed E-state index contributed by atoms with van der Waals surface area (Å²) in [4.78, 5) is 0. The standard InChI is InChI=1S/C17H16ClN3O3S/c18-14-8-4-7-13(9-14)11-25(22,23)17-21-20-16(24-17)15(19)10-12-5-2-1-3-6-12/h1-9,15H,10-11,19H2/p+1/t15-/m0/s1. The zero-order valence-electron chi connectivity index (χ0n) is 13.3. The fourth-order valence-electron chi connectivity index (χ4n) is 2.40. The molecule has 3 rings (SSSR count). The summed E-state index contributed by atoms with van der Waals surface area (Å²) in [5.41, 5.74) is 5.60. The van der Waals surface area contributed by atoms with Crippen LogP contribution in [0.3, 0.4) is 0 Å². The number of nitrogens with zero attached hydrogens (tertiary/aromatic N) is 2. The third-order valence-corrected chi connectivity index (χ3v) is 5.25. The van der Waals surface area contributed by atoms with Gasteiger partial charge in [-0.1, -0.05) is 59.2 Å². The highest BCUT2D eigenvalue weighted by atomic mass is 35.5. The zero-order chi connectivity index (χ0) is 17.9. The van der Waals surface area contributed by atoms with Crippen LogP contribution in [0.5, 0.6) is 0 Å². The topological polar surface area (TPSA) is 101 Å². The largest absolute Gasteiger partial charge is 0.406 e. The highest BCUT2D eigenvalue weighted by molar-refractivity contribution is 7.90. The van der Waals surface area contributed by atoms with Gasteiger partial charge in [-0.15, -0.1) is 5.10 Å². The van der Waals surface area contributed by atoms with E-state index in [1.54, 1.807) is 24.3 Å². The molecular weight excluding hydrogens is 362 g/mol. The lowest BCUT2D eigenvalue weighted by Crippen LogP contribution is -2.54. The van der Waals surface area contributed by atoms with Gasteiger partial charge in [0.25, 0.3) is 5.89 Å². The average Bonchev–Trinajstić information content (AvgIpc) is 3.06. The molecule has 0 aliphatic rings. The minimum Gasteiger partial charge on any atom is -0.406 e. The Labute approximate surface area is 150 Å². The summed E-state index contributed by atoms with van der Waals surface area (Å²) in [6, 6.07) is 16.0. The Bertz CT molecular complexity index is 958. The van der Waals surface area contributed by atoms with Crippen LogP contribution in [-0.2, 0) is 22.0 Å². The van der Waals surface area contributed by atoms with Crippen molar-refractivity contribution < 1.29 is 18.6 Å². The second-order valence-corrected chi connectivity index (χ2v) is 7.99. The number of aromatic nitrogens is 2. The first-order chi connectivity index (χ1) is 11.9. The van der Waals surface area contributed by atoms with Gasteiger partial charge in [-0.25, -0.2) is 8.42 Å². The third kappa shape index (κ3) is 4.45. The van der Waals surface area contributed by atoms with E-state index in [2.05, 4.69) is 15.9 Å². The van der Waals surface area contributed by atoms with Crippen molar-refractivity contribution in [3.8, 4) is 0 Å². The minimum atomic E-state index is -3.74. The van der Waals surface area contributed by atoms with Crippen molar-refractivity contribution in [2.24, 2.45) is 0 Å². The Hall–Kier alpha value is -2.22. The second kappa shape index (κ2) is 7.35. The Kier molecular flexibility index (Phi) is 5.17. The molecule has 3 N–H and O–H groups in total. The van der Waals surface area contributed by atoms with Crippen molar-refractivity contribution in [3.63, 3.8) is 0 Å². The van der Waals surface area contributed by atoms with E-state index in [0.717, 1.165) is 5.56 Å². The van der Waals surface area contributed by atoms with Crippen molar-refractivity contribution in [2.75, 3.05) is 0 Å². The molecule has 0 bridgehead atoms. The lowest BCUT2D eigenvalue weighted by Gasteiger charge is -2.04. The number of rotatable bonds is 6. The normalized spacial score (nSPS) is 12.9.